The van der Waals surface area contributed by atoms with Crippen molar-refractivity contribution in [2.24, 2.45) is 0 Å². The first kappa shape index (κ1) is 12.2. The topological polar surface area (TPSA) is 34.1 Å². The van der Waals surface area contributed by atoms with Gasteiger partial charge in [-0.25, -0.2) is 0 Å². The molecular formula is C11H10Cl2O2. The van der Waals surface area contributed by atoms with Gasteiger partial charge in [-0.15, -0.1) is 0 Å². The Hall–Kier alpha value is -0.860. The third-order valence-corrected chi connectivity index (χ3v) is 2.47. The molecule has 15 heavy (non-hydrogen) atoms. The molecule has 0 bridgehead atoms. The Morgan fingerprint density at radius 3 is 2.33 bits per heavy atom. The van der Waals surface area contributed by atoms with Crippen LogP contribution in [0.1, 0.15) is 39.6 Å². The van der Waals surface area contributed by atoms with Gasteiger partial charge in [0.05, 0.1) is 0 Å². The molecule has 0 spiro atoms. The van der Waals surface area contributed by atoms with E-state index in [9.17, 15) is 9.59 Å². The summed E-state index contributed by atoms with van der Waals surface area (Å²) < 4.78 is 0. The summed E-state index contributed by atoms with van der Waals surface area (Å²) in [5, 5.41) is -1.29. The van der Waals surface area contributed by atoms with E-state index in [0.717, 1.165) is 12.0 Å². The molecule has 1 rings (SSSR count). The van der Waals surface area contributed by atoms with Gasteiger partial charge in [-0.3, -0.25) is 9.59 Å². The maximum Gasteiger partial charge on any atom is 0.253 e. The highest BCUT2D eigenvalue weighted by Crippen LogP contribution is 2.20. The molecule has 0 saturated heterocycles. The number of rotatable bonds is 4. The minimum Gasteiger partial charge on any atom is -0.276 e. The fourth-order valence-electron chi connectivity index (χ4n) is 1.47. The SMILES string of the molecule is CCCc1cccc(C(=O)Cl)c1C(=O)Cl. The van der Waals surface area contributed by atoms with Crippen LogP contribution >= 0.6 is 23.2 Å². The zero-order valence-corrected chi connectivity index (χ0v) is 9.73. The third kappa shape index (κ3) is 2.80. The molecule has 1 aromatic carbocycles. The van der Waals surface area contributed by atoms with E-state index >= 15 is 0 Å². The molecule has 2 nitrogen and oxygen atoms in total. The average molecular weight is 245 g/mol. The maximum atomic E-state index is 11.2. The minimum absolute atomic E-state index is 0.183. The lowest BCUT2D eigenvalue weighted by atomic mass is 9.99. The smallest absolute Gasteiger partial charge is 0.253 e. The largest absolute Gasteiger partial charge is 0.276 e. The molecule has 0 unspecified atom stereocenters. The third-order valence-electron chi connectivity index (χ3n) is 2.08. The Kier molecular flexibility index (Phi) is 4.30. The van der Waals surface area contributed by atoms with E-state index in [1.165, 1.54) is 6.07 Å². The van der Waals surface area contributed by atoms with Crippen LogP contribution in [-0.2, 0) is 6.42 Å². The van der Waals surface area contributed by atoms with E-state index < -0.39 is 10.5 Å². The van der Waals surface area contributed by atoms with Crippen molar-refractivity contribution >= 4 is 33.7 Å². The number of benzene rings is 1. The fraction of sp³-hybridized carbons (Fsp3) is 0.273. The van der Waals surface area contributed by atoms with Gasteiger partial charge in [0.15, 0.2) is 0 Å². The summed E-state index contributed by atoms with van der Waals surface area (Å²) >= 11 is 10.8. The second-order valence-electron chi connectivity index (χ2n) is 3.14. The van der Waals surface area contributed by atoms with Gasteiger partial charge in [0.1, 0.15) is 0 Å². The van der Waals surface area contributed by atoms with Crippen LogP contribution in [0.4, 0.5) is 0 Å². The fourth-order valence-corrected chi connectivity index (χ4v) is 1.85. The summed E-state index contributed by atoms with van der Waals surface area (Å²) in [5.41, 5.74) is 1.19. The van der Waals surface area contributed by atoms with Crippen LogP contribution in [0.3, 0.4) is 0 Å². The lowest BCUT2D eigenvalue weighted by Gasteiger charge is -2.07. The molecule has 1 aromatic rings. The molecule has 0 amide bonds. The van der Waals surface area contributed by atoms with Gasteiger partial charge in [0, 0.05) is 11.1 Å². The molecule has 0 saturated carbocycles. The van der Waals surface area contributed by atoms with Gasteiger partial charge in [-0.05, 0) is 41.3 Å². The molecule has 0 fully saturated rings. The second-order valence-corrected chi connectivity index (χ2v) is 3.82. The predicted octanol–water partition coefficient (Wildman–Crippen LogP) is 3.40. The molecular weight excluding hydrogens is 235 g/mol. The molecule has 80 valence electrons. The number of halogens is 2. The van der Waals surface area contributed by atoms with E-state index in [1.807, 2.05) is 6.92 Å². The molecule has 0 aliphatic carbocycles. The van der Waals surface area contributed by atoms with Crippen molar-refractivity contribution in [1.82, 2.24) is 0 Å². The number of hydrogen-bond donors (Lipinski definition) is 0. The Bertz CT molecular complexity index is 400. The highest BCUT2D eigenvalue weighted by atomic mass is 35.5. The molecule has 0 aliphatic rings. The normalized spacial score (nSPS) is 10.1. The summed E-state index contributed by atoms with van der Waals surface area (Å²) in [7, 11) is 0. The van der Waals surface area contributed by atoms with Crippen molar-refractivity contribution in [1.29, 1.82) is 0 Å². The van der Waals surface area contributed by atoms with E-state index in [-0.39, 0.29) is 11.1 Å². The van der Waals surface area contributed by atoms with Crippen molar-refractivity contribution in [3.05, 3.63) is 34.9 Å². The maximum absolute atomic E-state index is 11.2. The lowest BCUT2D eigenvalue weighted by molar-refractivity contribution is 0.105. The summed E-state index contributed by atoms with van der Waals surface area (Å²) in [6.45, 7) is 1.98. The average Bonchev–Trinajstić information content (AvgIpc) is 2.17. The first-order chi connectivity index (χ1) is 7.07. The van der Waals surface area contributed by atoms with Crippen LogP contribution in [0, 0.1) is 0 Å². The molecule has 0 aliphatic heterocycles. The van der Waals surface area contributed by atoms with Gasteiger partial charge in [0.25, 0.3) is 10.5 Å². The van der Waals surface area contributed by atoms with Crippen molar-refractivity contribution < 1.29 is 9.59 Å². The van der Waals surface area contributed by atoms with Crippen LogP contribution in [-0.4, -0.2) is 10.5 Å². The van der Waals surface area contributed by atoms with Crippen LogP contribution in [0.25, 0.3) is 0 Å². The lowest BCUT2D eigenvalue weighted by Crippen LogP contribution is -2.05. The molecule has 0 radical (unpaired) electrons. The van der Waals surface area contributed by atoms with Crippen molar-refractivity contribution in [2.75, 3.05) is 0 Å². The number of hydrogen-bond acceptors (Lipinski definition) is 2. The Morgan fingerprint density at radius 2 is 1.87 bits per heavy atom. The summed E-state index contributed by atoms with van der Waals surface area (Å²) in [5.74, 6) is 0. The van der Waals surface area contributed by atoms with Crippen molar-refractivity contribution in [3.8, 4) is 0 Å². The van der Waals surface area contributed by atoms with E-state index in [0.29, 0.717) is 6.42 Å². The van der Waals surface area contributed by atoms with Gasteiger partial charge < -0.3 is 0 Å². The second kappa shape index (κ2) is 5.29. The summed E-state index contributed by atoms with van der Waals surface area (Å²) in [4.78, 5) is 22.3. The number of aryl methyl sites for hydroxylation is 1. The minimum atomic E-state index is -0.656. The van der Waals surface area contributed by atoms with Gasteiger partial charge >= 0.3 is 0 Å². The highest BCUT2D eigenvalue weighted by Gasteiger charge is 2.17. The molecule has 0 heterocycles. The Morgan fingerprint density at radius 1 is 1.20 bits per heavy atom. The van der Waals surface area contributed by atoms with Gasteiger partial charge in [0.2, 0.25) is 0 Å². The Balaban J connectivity index is 3.34. The van der Waals surface area contributed by atoms with E-state index in [1.54, 1.807) is 12.1 Å². The predicted molar refractivity (Wildman–Crippen MR) is 60.8 cm³/mol. The molecule has 0 atom stereocenters. The van der Waals surface area contributed by atoms with Gasteiger partial charge in [-0.1, -0.05) is 25.5 Å². The monoisotopic (exact) mass is 244 g/mol. The molecule has 4 heteroatoms. The zero-order valence-electron chi connectivity index (χ0n) is 8.22. The van der Waals surface area contributed by atoms with Crippen LogP contribution in [0.2, 0.25) is 0 Å². The highest BCUT2D eigenvalue weighted by molar-refractivity contribution is 6.72. The quantitative estimate of drug-likeness (QED) is 0.762. The standard InChI is InChI=1S/C11H10Cl2O2/c1-2-4-7-5-3-6-8(10(12)14)9(7)11(13)15/h3,5-6H,2,4H2,1H3. The molecule has 0 aromatic heterocycles. The van der Waals surface area contributed by atoms with Crippen molar-refractivity contribution in [2.45, 2.75) is 19.8 Å². The first-order valence-electron chi connectivity index (χ1n) is 4.59. The first-order valence-corrected chi connectivity index (χ1v) is 5.35. The number of carbonyl (C=O) groups excluding carboxylic acids is 2. The number of carbonyl (C=O) groups is 2. The summed E-state index contributed by atoms with van der Waals surface area (Å²) in [6.07, 6.45) is 1.57. The van der Waals surface area contributed by atoms with E-state index in [2.05, 4.69) is 0 Å². The van der Waals surface area contributed by atoms with Crippen molar-refractivity contribution in [3.63, 3.8) is 0 Å². The summed E-state index contributed by atoms with van der Waals surface area (Å²) in [6, 6.07) is 4.98. The Labute approximate surface area is 98.2 Å². The van der Waals surface area contributed by atoms with Crippen LogP contribution in [0.15, 0.2) is 18.2 Å². The molecule has 0 N–H and O–H groups in total. The van der Waals surface area contributed by atoms with E-state index in [4.69, 9.17) is 23.2 Å². The van der Waals surface area contributed by atoms with Crippen LogP contribution in [0.5, 0.6) is 0 Å². The van der Waals surface area contributed by atoms with Crippen LogP contribution < -0.4 is 0 Å². The zero-order chi connectivity index (χ0) is 11.4. The van der Waals surface area contributed by atoms with Gasteiger partial charge in [-0.2, -0.15) is 0 Å².